The lowest BCUT2D eigenvalue weighted by Crippen LogP contribution is -2.00. The second-order valence-electron chi connectivity index (χ2n) is 6.63. The monoisotopic (exact) mass is 430 g/mol. The van der Waals surface area contributed by atoms with Crippen molar-refractivity contribution in [2.45, 2.75) is 0 Å². The number of para-hydroxylation sites is 1. The van der Waals surface area contributed by atoms with Gasteiger partial charge >= 0.3 is 0 Å². The van der Waals surface area contributed by atoms with Crippen LogP contribution in [0.15, 0.2) is 91.3 Å². The third-order valence-electron chi connectivity index (χ3n) is 4.46. The molecule has 0 amide bonds. The molecule has 0 unspecified atom stereocenters. The van der Waals surface area contributed by atoms with Gasteiger partial charge in [0.2, 0.25) is 5.95 Å². The van der Waals surface area contributed by atoms with E-state index in [9.17, 15) is 0 Å². The lowest BCUT2D eigenvalue weighted by molar-refractivity contribution is 0.483. The van der Waals surface area contributed by atoms with E-state index in [0.717, 1.165) is 33.8 Å². The molecule has 0 fully saturated rings. The zero-order valence-electron chi connectivity index (χ0n) is 16.3. The molecule has 2 aromatic heterocycles. The summed E-state index contributed by atoms with van der Waals surface area (Å²) in [6.07, 6.45) is 3.50. The summed E-state index contributed by atoms with van der Waals surface area (Å²) in [5, 5.41) is 14.5. The molecule has 0 spiro atoms. The van der Waals surface area contributed by atoms with Gasteiger partial charge in [-0.3, -0.25) is 5.10 Å². The lowest BCUT2D eigenvalue weighted by Gasteiger charge is -2.10. The highest BCUT2D eigenvalue weighted by Gasteiger charge is 2.04. The molecule has 31 heavy (non-hydrogen) atoms. The number of rotatable bonds is 6. The SMILES string of the molecule is Cl.c1ccc(Oc2ccc(Nc3ccnc(Nc4ccc5cn[nH]c5c4)n3)cc2)cc1. The van der Waals surface area contributed by atoms with Crippen molar-refractivity contribution < 1.29 is 4.74 Å². The zero-order valence-corrected chi connectivity index (χ0v) is 17.1. The van der Waals surface area contributed by atoms with Gasteiger partial charge in [0, 0.05) is 23.0 Å². The van der Waals surface area contributed by atoms with Gasteiger partial charge in [-0.15, -0.1) is 12.4 Å². The van der Waals surface area contributed by atoms with E-state index in [0.29, 0.717) is 11.8 Å². The fourth-order valence-corrected chi connectivity index (χ4v) is 3.01. The number of ether oxygens (including phenoxy) is 1. The van der Waals surface area contributed by atoms with Gasteiger partial charge in [0.15, 0.2) is 0 Å². The molecule has 0 atom stereocenters. The molecule has 2 heterocycles. The van der Waals surface area contributed by atoms with Crippen LogP contribution in [0.1, 0.15) is 0 Å². The molecule has 0 aliphatic rings. The molecule has 3 N–H and O–H groups in total. The minimum Gasteiger partial charge on any atom is -0.457 e. The van der Waals surface area contributed by atoms with Gasteiger partial charge in [-0.1, -0.05) is 18.2 Å². The van der Waals surface area contributed by atoms with E-state index >= 15 is 0 Å². The standard InChI is InChI=1S/C23H18N6O.ClH/c1-2-4-19(5-3-1)30-20-10-8-17(9-11-20)26-22-12-13-24-23(28-22)27-18-7-6-16-15-25-29-21(16)14-18;/h1-15H,(H,25,29)(H2,24,26,27,28);1H. The van der Waals surface area contributed by atoms with E-state index in [-0.39, 0.29) is 12.4 Å². The van der Waals surface area contributed by atoms with Crippen LogP contribution in [0.4, 0.5) is 23.1 Å². The number of halogens is 1. The first-order valence-corrected chi connectivity index (χ1v) is 9.45. The van der Waals surface area contributed by atoms with Gasteiger partial charge in [0.25, 0.3) is 0 Å². The Morgan fingerprint density at radius 2 is 1.55 bits per heavy atom. The van der Waals surface area contributed by atoms with Gasteiger partial charge in [-0.05, 0) is 60.7 Å². The van der Waals surface area contributed by atoms with Crippen LogP contribution in [-0.4, -0.2) is 20.2 Å². The largest absolute Gasteiger partial charge is 0.457 e. The number of hydrogen-bond donors (Lipinski definition) is 3. The molecule has 7 nitrogen and oxygen atoms in total. The van der Waals surface area contributed by atoms with Gasteiger partial charge in [-0.2, -0.15) is 10.1 Å². The Labute approximate surface area is 184 Å². The Bertz CT molecular complexity index is 1270. The molecule has 0 aliphatic carbocycles. The molecular weight excluding hydrogens is 412 g/mol. The molecule has 3 aromatic carbocycles. The third kappa shape index (κ3) is 4.91. The molecule has 0 bridgehead atoms. The summed E-state index contributed by atoms with van der Waals surface area (Å²) in [6, 6.07) is 25.1. The minimum atomic E-state index is 0. The summed E-state index contributed by atoms with van der Waals surface area (Å²) in [7, 11) is 0. The van der Waals surface area contributed by atoms with E-state index in [4.69, 9.17) is 4.74 Å². The summed E-state index contributed by atoms with van der Waals surface area (Å²) in [6.45, 7) is 0. The number of benzene rings is 3. The summed E-state index contributed by atoms with van der Waals surface area (Å²) in [5.74, 6) is 2.76. The fraction of sp³-hybridized carbons (Fsp3) is 0. The molecular formula is C23H19ClN6O. The summed E-state index contributed by atoms with van der Waals surface area (Å²) < 4.78 is 5.82. The normalized spacial score (nSPS) is 10.3. The average molecular weight is 431 g/mol. The number of nitrogens with zero attached hydrogens (tertiary/aromatic N) is 3. The maximum absolute atomic E-state index is 5.82. The Morgan fingerprint density at radius 1 is 0.774 bits per heavy atom. The van der Waals surface area contributed by atoms with E-state index in [1.165, 1.54) is 0 Å². The smallest absolute Gasteiger partial charge is 0.229 e. The van der Waals surface area contributed by atoms with Crippen molar-refractivity contribution in [2.24, 2.45) is 0 Å². The fourth-order valence-electron chi connectivity index (χ4n) is 3.01. The molecule has 5 rings (SSSR count). The highest BCUT2D eigenvalue weighted by molar-refractivity contribution is 5.85. The quantitative estimate of drug-likeness (QED) is 0.303. The van der Waals surface area contributed by atoms with Crippen LogP contribution in [-0.2, 0) is 0 Å². The number of nitrogens with one attached hydrogen (secondary N) is 3. The number of aromatic nitrogens is 4. The number of aromatic amines is 1. The molecule has 5 aromatic rings. The number of fused-ring (bicyclic) bond motifs is 1. The van der Waals surface area contributed by atoms with Crippen molar-refractivity contribution in [2.75, 3.05) is 10.6 Å². The van der Waals surface area contributed by atoms with E-state index in [1.807, 2.05) is 78.9 Å². The zero-order chi connectivity index (χ0) is 20.2. The molecule has 154 valence electrons. The molecule has 0 radical (unpaired) electrons. The van der Waals surface area contributed by atoms with Crippen molar-refractivity contribution in [1.82, 2.24) is 20.2 Å². The maximum Gasteiger partial charge on any atom is 0.229 e. The second kappa shape index (κ2) is 9.15. The van der Waals surface area contributed by atoms with Gasteiger partial charge < -0.3 is 15.4 Å². The summed E-state index contributed by atoms with van der Waals surface area (Å²) in [4.78, 5) is 8.83. The van der Waals surface area contributed by atoms with Crippen molar-refractivity contribution in [1.29, 1.82) is 0 Å². The third-order valence-corrected chi connectivity index (χ3v) is 4.46. The Balaban J connectivity index is 0.00000231. The summed E-state index contributed by atoms with van der Waals surface area (Å²) in [5.41, 5.74) is 2.73. The Hall–Kier alpha value is -4.10. The first-order chi connectivity index (χ1) is 14.8. The predicted molar refractivity (Wildman–Crippen MR) is 125 cm³/mol. The number of anilines is 4. The van der Waals surface area contributed by atoms with Gasteiger partial charge in [0.1, 0.15) is 17.3 Å². The average Bonchev–Trinajstić information content (AvgIpc) is 3.24. The predicted octanol–water partition coefficient (Wildman–Crippen LogP) is 6.05. The Kier molecular flexibility index (Phi) is 5.96. The van der Waals surface area contributed by atoms with Crippen molar-refractivity contribution in [3.8, 4) is 11.5 Å². The van der Waals surface area contributed by atoms with Crippen molar-refractivity contribution in [3.05, 3.63) is 91.3 Å². The topological polar surface area (TPSA) is 87.8 Å². The molecule has 8 heteroatoms. The highest BCUT2D eigenvalue weighted by atomic mass is 35.5. The van der Waals surface area contributed by atoms with E-state index in [2.05, 4.69) is 30.8 Å². The van der Waals surface area contributed by atoms with Crippen LogP contribution in [0.5, 0.6) is 11.5 Å². The number of H-pyrrole nitrogens is 1. The van der Waals surface area contributed by atoms with E-state index in [1.54, 1.807) is 12.4 Å². The van der Waals surface area contributed by atoms with Crippen LogP contribution in [0.3, 0.4) is 0 Å². The van der Waals surface area contributed by atoms with Crippen molar-refractivity contribution in [3.63, 3.8) is 0 Å². The van der Waals surface area contributed by atoms with E-state index < -0.39 is 0 Å². The van der Waals surface area contributed by atoms with Gasteiger partial charge in [0.05, 0.1) is 11.7 Å². The first-order valence-electron chi connectivity index (χ1n) is 9.45. The summed E-state index contributed by atoms with van der Waals surface area (Å²) >= 11 is 0. The van der Waals surface area contributed by atoms with Crippen LogP contribution < -0.4 is 15.4 Å². The van der Waals surface area contributed by atoms with Crippen LogP contribution in [0.2, 0.25) is 0 Å². The van der Waals surface area contributed by atoms with Crippen LogP contribution in [0.25, 0.3) is 10.9 Å². The van der Waals surface area contributed by atoms with Crippen LogP contribution in [0, 0.1) is 0 Å². The van der Waals surface area contributed by atoms with Crippen molar-refractivity contribution >= 4 is 46.5 Å². The Morgan fingerprint density at radius 3 is 2.39 bits per heavy atom. The highest BCUT2D eigenvalue weighted by Crippen LogP contribution is 2.24. The van der Waals surface area contributed by atoms with Crippen LogP contribution >= 0.6 is 12.4 Å². The maximum atomic E-state index is 5.82. The second-order valence-corrected chi connectivity index (χ2v) is 6.63. The molecule has 0 saturated heterocycles. The first kappa shape index (κ1) is 20.2. The minimum absolute atomic E-state index is 0. The molecule has 0 aliphatic heterocycles. The molecule has 0 saturated carbocycles. The van der Waals surface area contributed by atoms with Gasteiger partial charge in [-0.25, -0.2) is 4.98 Å². The lowest BCUT2D eigenvalue weighted by atomic mass is 10.2. The number of hydrogen-bond acceptors (Lipinski definition) is 6.